The van der Waals surface area contributed by atoms with Gasteiger partial charge in [0.25, 0.3) is 0 Å². The van der Waals surface area contributed by atoms with Crippen LogP contribution >= 0.6 is 23.2 Å². The minimum Gasteiger partial charge on any atom is -0.307 e. The molecule has 2 amide bonds. The van der Waals surface area contributed by atoms with E-state index >= 15 is 0 Å². The standard InChI is InChI=1S/C19H18Cl2N2O2/c1-12-10-14-6-3-4-8-16(14)23(12)18(25)11-22(13(2)24)17-9-5-7-15(20)19(17)21/h3-9,12H,10-11H2,1-2H3. The van der Waals surface area contributed by atoms with Crippen LogP contribution in [-0.2, 0) is 16.0 Å². The van der Waals surface area contributed by atoms with Crippen LogP contribution < -0.4 is 9.80 Å². The van der Waals surface area contributed by atoms with Gasteiger partial charge in [-0.1, -0.05) is 47.5 Å². The third-order valence-corrected chi connectivity index (χ3v) is 5.18. The summed E-state index contributed by atoms with van der Waals surface area (Å²) in [5.74, 6) is -0.415. The van der Waals surface area contributed by atoms with Gasteiger partial charge in [0.05, 0.1) is 15.7 Å². The summed E-state index contributed by atoms with van der Waals surface area (Å²) in [4.78, 5) is 28.2. The second-order valence-electron chi connectivity index (χ2n) is 6.12. The molecule has 0 N–H and O–H groups in total. The molecular weight excluding hydrogens is 359 g/mol. The van der Waals surface area contributed by atoms with Crippen molar-refractivity contribution in [1.82, 2.24) is 0 Å². The van der Waals surface area contributed by atoms with Crippen LogP contribution in [0.15, 0.2) is 42.5 Å². The zero-order valence-electron chi connectivity index (χ0n) is 14.0. The fraction of sp³-hybridized carbons (Fsp3) is 0.263. The molecule has 130 valence electrons. The molecule has 0 spiro atoms. The molecule has 0 radical (unpaired) electrons. The lowest BCUT2D eigenvalue weighted by atomic mass is 10.1. The summed E-state index contributed by atoms with van der Waals surface area (Å²) in [5.41, 5.74) is 2.48. The minimum absolute atomic E-state index is 0.0496. The Hall–Kier alpha value is -2.04. The molecule has 0 saturated heterocycles. The van der Waals surface area contributed by atoms with Gasteiger partial charge in [-0.3, -0.25) is 9.59 Å². The van der Waals surface area contributed by atoms with E-state index in [-0.39, 0.29) is 29.4 Å². The van der Waals surface area contributed by atoms with E-state index in [2.05, 4.69) is 0 Å². The first-order valence-electron chi connectivity index (χ1n) is 8.02. The number of halogens is 2. The molecule has 0 bridgehead atoms. The number of anilines is 2. The highest BCUT2D eigenvalue weighted by atomic mass is 35.5. The van der Waals surface area contributed by atoms with E-state index in [0.29, 0.717) is 10.7 Å². The van der Waals surface area contributed by atoms with Gasteiger partial charge in [0, 0.05) is 18.7 Å². The van der Waals surface area contributed by atoms with Gasteiger partial charge < -0.3 is 9.80 Å². The number of rotatable bonds is 3. The Labute approximate surface area is 156 Å². The first-order valence-corrected chi connectivity index (χ1v) is 8.78. The molecule has 2 aromatic carbocycles. The Balaban J connectivity index is 1.90. The molecule has 1 aliphatic heterocycles. The second kappa shape index (κ2) is 7.06. The van der Waals surface area contributed by atoms with E-state index in [0.717, 1.165) is 17.7 Å². The minimum atomic E-state index is -0.266. The van der Waals surface area contributed by atoms with Crippen molar-refractivity contribution >= 4 is 46.4 Å². The summed E-state index contributed by atoms with van der Waals surface area (Å²) >= 11 is 12.3. The molecule has 0 fully saturated rings. The molecule has 1 heterocycles. The van der Waals surface area contributed by atoms with Crippen LogP contribution in [0.5, 0.6) is 0 Å². The van der Waals surface area contributed by atoms with E-state index in [1.54, 1.807) is 23.1 Å². The SMILES string of the molecule is CC(=O)N(CC(=O)N1c2ccccc2CC1C)c1cccc(Cl)c1Cl. The number of benzene rings is 2. The Morgan fingerprint density at radius 1 is 1.16 bits per heavy atom. The number of carbonyl (C=O) groups is 2. The Morgan fingerprint density at radius 2 is 1.88 bits per heavy atom. The Kier molecular flexibility index (Phi) is 5.02. The molecule has 1 atom stereocenters. The summed E-state index contributed by atoms with van der Waals surface area (Å²) in [6.45, 7) is 3.32. The van der Waals surface area contributed by atoms with Crippen LogP contribution in [-0.4, -0.2) is 24.4 Å². The van der Waals surface area contributed by atoms with Crippen LogP contribution in [0.25, 0.3) is 0 Å². The third kappa shape index (κ3) is 3.37. The average Bonchev–Trinajstić information content (AvgIpc) is 2.91. The highest BCUT2D eigenvalue weighted by Gasteiger charge is 2.32. The van der Waals surface area contributed by atoms with Crippen LogP contribution in [0.3, 0.4) is 0 Å². The molecule has 25 heavy (non-hydrogen) atoms. The number of hydrogen-bond acceptors (Lipinski definition) is 2. The molecule has 3 rings (SSSR count). The molecule has 0 saturated carbocycles. The smallest absolute Gasteiger partial charge is 0.247 e. The summed E-state index contributed by atoms with van der Waals surface area (Å²) in [7, 11) is 0. The van der Waals surface area contributed by atoms with Crippen molar-refractivity contribution in [3.05, 3.63) is 58.1 Å². The molecule has 1 aliphatic rings. The van der Waals surface area contributed by atoms with Crippen LogP contribution in [0, 0.1) is 0 Å². The summed E-state index contributed by atoms with van der Waals surface area (Å²) in [6, 6.07) is 12.9. The molecule has 4 nitrogen and oxygen atoms in total. The molecule has 2 aromatic rings. The van der Waals surface area contributed by atoms with Gasteiger partial charge in [0.2, 0.25) is 11.8 Å². The molecule has 0 aromatic heterocycles. The van der Waals surface area contributed by atoms with Crippen LogP contribution in [0.4, 0.5) is 11.4 Å². The number of nitrogens with zero attached hydrogens (tertiary/aromatic N) is 2. The van der Waals surface area contributed by atoms with Crippen LogP contribution in [0.2, 0.25) is 10.0 Å². The quantitative estimate of drug-likeness (QED) is 0.799. The van der Waals surface area contributed by atoms with Crippen LogP contribution in [0.1, 0.15) is 19.4 Å². The van der Waals surface area contributed by atoms with Crippen molar-refractivity contribution in [2.24, 2.45) is 0 Å². The van der Waals surface area contributed by atoms with E-state index in [4.69, 9.17) is 23.2 Å². The van der Waals surface area contributed by atoms with Gasteiger partial charge in [-0.05, 0) is 37.1 Å². The van der Waals surface area contributed by atoms with Gasteiger partial charge in [-0.15, -0.1) is 0 Å². The highest BCUT2D eigenvalue weighted by molar-refractivity contribution is 6.44. The lowest BCUT2D eigenvalue weighted by Gasteiger charge is -2.28. The maximum Gasteiger partial charge on any atom is 0.247 e. The molecule has 1 unspecified atom stereocenters. The Morgan fingerprint density at radius 3 is 2.60 bits per heavy atom. The molecule has 6 heteroatoms. The first kappa shape index (κ1) is 17.8. The highest BCUT2D eigenvalue weighted by Crippen LogP contribution is 2.34. The summed E-state index contributed by atoms with van der Waals surface area (Å²) < 4.78 is 0. The van der Waals surface area contributed by atoms with Crippen molar-refractivity contribution in [1.29, 1.82) is 0 Å². The molecular formula is C19H18Cl2N2O2. The summed E-state index contributed by atoms with van der Waals surface area (Å²) in [5, 5.41) is 0.611. The topological polar surface area (TPSA) is 40.6 Å². The normalized spacial score (nSPS) is 15.8. The monoisotopic (exact) mass is 376 g/mol. The maximum absolute atomic E-state index is 13.0. The van der Waals surface area contributed by atoms with Gasteiger partial charge in [0.1, 0.15) is 6.54 Å². The lowest BCUT2D eigenvalue weighted by Crippen LogP contribution is -2.44. The molecule has 0 aliphatic carbocycles. The van der Waals surface area contributed by atoms with E-state index < -0.39 is 0 Å². The van der Waals surface area contributed by atoms with Crippen molar-refractivity contribution in [2.45, 2.75) is 26.3 Å². The zero-order chi connectivity index (χ0) is 18.1. The van der Waals surface area contributed by atoms with Gasteiger partial charge >= 0.3 is 0 Å². The van der Waals surface area contributed by atoms with Gasteiger partial charge in [0.15, 0.2) is 0 Å². The number of hydrogen-bond donors (Lipinski definition) is 0. The lowest BCUT2D eigenvalue weighted by molar-refractivity contribution is -0.121. The fourth-order valence-electron chi connectivity index (χ4n) is 3.22. The largest absolute Gasteiger partial charge is 0.307 e. The Bertz CT molecular complexity index is 838. The summed E-state index contributed by atoms with van der Waals surface area (Å²) in [6.07, 6.45) is 0.805. The van der Waals surface area contributed by atoms with E-state index in [9.17, 15) is 9.59 Å². The maximum atomic E-state index is 13.0. The number of amides is 2. The second-order valence-corrected chi connectivity index (χ2v) is 6.91. The van der Waals surface area contributed by atoms with Crippen molar-refractivity contribution in [3.8, 4) is 0 Å². The fourth-order valence-corrected chi connectivity index (χ4v) is 3.62. The van der Waals surface area contributed by atoms with Crippen molar-refractivity contribution in [2.75, 3.05) is 16.3 Å². The van der Waals surface area contributed by atoms with E-state index in [1.165, 1.54) is 11.8 Å². The van der Waals surface area contributed by atoms with E-state index in [1.807, 2.05) is 31.2 Å². The first-order chi connectivity index (χ1) is 11.9. The number of fused-ring (bicyclic) bond motifs is 1. The third-order valence-electron chi connectivity index (χ3n) is 4.37. The van der Waals surface area contributed by atoms with Gasteiger partial charge in [-0.2, -0.15) is 0 Å². The average molecular weight is 377 g/mol. The predicted octanol–water partition coefficient (Wildman–Crippen LogP) is 4.32. The number of carbonyl (C=O) groups excluding carboxylic acids is 2. The van der Waals surface area contributed by atoms with Gasteiger partial charge in [-0.25, -0.2) is 0 Å². The zero-order valence-corrected chi connectivity index (χ0v) is 15.5. The number of para-hydroxylation sites is 1. The predicted molar refractivity (Wildman–Crippen MR) is 102 cm³/mol. The van der Waals surface area contributed by atoms with Crippen molar-refractivity contribution in [3.63, 3.8) is 0 Å². The van der Waals surface area contributed by atoms with Crippen molar-refractivity contribution < 1.29 is 9.59 Å².